The van der Waals surface area contributed by atoms with Crippen LogP contribution >= 0.6 is 11.8 Å². The minimum atomic E-state index is -0.341. The maximum absolute atomic E-state index is 13.5. The van der Waals surface area contributed by atoms with Crippen LogP contribution in [0.15, 0.2) is 53.4 Å². The molecule has 112 valence electrons. The minimum Gasteiger partial charge on any atom is -0.390 e. The molecule has 0 spiro atoms. The van der Waals surface area contributed by atoms with Crippen LogP contribution in [0, 0.1) is 5.82 Å². The van der Waals surface area contributed by atoms with Crippen molar-refractivity contribution in [1.29, 1.82) is 0 Å². The van der Waals surface area contributed by atoms with E-state index in [0.29, 0.717) is 17.0 Å². The molecule has 0 unspecified atom stereocenters. The summed E-state index contributed by atoms with van der Waals surface area (Å²) in [4.78, 5) is 1.09. The number of aliphatic hydroxyl groups is 1. The maximum atomic E-state index is 13.5. The number of hydrogen-bond acceptors (Lipinski definition) is 4. The summed E-state index contributed by atoms with van der Waals surface area (Å²) in [6, 6.07) is 14.0. The number of nitrogens with zero attached hydrogens (tertiary/aromatic N) is 3. The summed E-state index contributed by atoms with van der Waals surface area (Å²) in [7, 11) is 0. The Morgan fingerprint density at radius 3 is 2.73 bits per heavy atom. The number of aliphatic hydroxyl groups excluding tert-OH is 1. The van der Waals surface area contributed by atoms with Gasteiger partial charge in [0.1, 0.15) is 17.2 Å². The topological polar surface area (TPSA) is 50.9 Å². The second-order valence-electron chi connectivity index (χ2n) is 4.67. The van der Waals surface area contributed by atoms with Crippen LogP contribution in [0.4, 0.5) is 4.39 Å². The highest BCUT2D eigenvalue weighted by molar-refractivity contribution is 7.98. The van der Waals surface area contributed by atoms with Gasteiger partial charge in [-0.15, -0.1) is 16.9 Å². The minimum absolute atomic E-state index is 0.256. The summed E-state index contributed by atoms with van der Waals surface area (Å²) in [6.45, 7) is -0.256. The van der Waals surface area contributed by atoms with Crippen LogP contribution in [-0.4, -0.2) is 26.4 Å². The predicted molar refractivity (Wildman–Crippen MR) is 84.5 cm³/mol. The van der Waals surface area contributed by atoms with E-state index < -0.39 is 0 Å². The lowest BCUT2D eigenvalue weighted by atomic mass is 10.1. The highest BCUT2D eigenvalue weighted by atomic mass is 32.2. The fourth-order valence-electron chi connectivity index (χ4n) is 2.27. The molecule has 0 amide bonds. The molecule has 1 aromatic heterocycles. The Labute approximate surface area is 131 Å². The van der Waals surface area contributed by atoms with Gasteiger partial charge < -0.3 is 5.11 Å². The first-order valence-electron chi connectivity index (χ1n) is 6.68. The van der Waals surface area contributed by atoms with Crippen molar-refractivity contribution in [2.24, 2.45) is 0 Å². The molecule has 2 aromatic carbocycles. The lowest BCUT2D eigenvalue weighted by Crippen LogP contribution is -2.00. The number of rotatable bonds is 4. The zero-order chi connectivity index (χ0) is 15.5. The maximum Gasteiger partial charge on any atom is 0.123 e. The van der Waals surface area contributed by atoms with Gasteiger partial charge in [-0.1, -0.05) is 23.4 Å². The van der Waals surface area contributed by atoms with Gasteiger partial charge in [-0.05, 0) is 36.6 Å². The highest BCUT2D eigenvalue weighted by Crippen LogP contribution is 2.27. The summed E-state index contributed by atoms with van der Waals surface area (Å²) >= 11 is 1.62. The van der Waals surface area contributed by atoms with Crippen molar-refractivity contribution < 1.29 is 9.50 Å². The molecule has 1 N–H and O–H groups in total. The molecule has 3 rings (SSSR count). The van der Waals surface area contributed by atoms with Crippen molar-refractivity contribution in [3.8, 4) is 16.9 Å². The average Bonchev–Trinajstić information content (AvgIpc) is 2.99. The average molecular weight is 315 g/mol. The van der Waals surface area contributed by atoms with E-state index in [4.69, 9.17) is 0 Å². The normalized spacial score (nSPS) is 10.9. The van der Waals surface area contributed by atoms with Gasteiger partial charge in [-0.3, -0.25) is 0 Å². The van der Waals surface area contributed by atoms with Crippen molar-refractivity contribution >= 4 is 11.8 Å². The Bertz CT molecular complexity index is 804. The van der Waals surface area contributed by atoms with Gasteiger partial charge in [0.25, 0.3) is 0 Å². The van der Waals surface area contributed by atoms with Crippen LogP contribution in [0.25, 0.3) is 16.9 Å². The second kappa shape index (κ2) is 6.29. The van der Waals surface area contributed by atoms with E-state index in [1.807, 2.05) is 30.5 Å². The monoisotopic (exact) mass is 315 g/mol. The molecule has 4 nitrogen and oxygen atoms in total. The molecule has 6 heteroatoms. The molecule has 0 saturated heterocycles. The molecule has 0 aliphatic heterocycles. The third-order valence-electron chi connectivity index (χ3n) is 3.29. The van der Waals surface area contributed by atoms with E-state index in [9.17, 15) is 9.50 Å². The number of thioether (sulfide) groups is 1. The molecular formula is C16H14FN3OS. The SMILES string of the molecule is CSc1cccc(-n2nnc(CO)c2-c2cccc(F)c2)c1. The fraction of sp³-hybridized carbons (Fsp3) is 0.125. The Morgan fingerprint density at radius 2 is 2.00 bits per heavy atom. The van der Waals surface area contributed by atoms with Gasteiger partial charge in [-0.2, -0.15) is 0 Å². The molecular weight excluding hydrogens is 301 g/mol. The Kier molecular flexibility index (Phi) is 4.22. The molecule has 0 saturated carbocycles. The number of halogens is 1. The van der Waals surface area contributed by atoms with Gasteiger partial charge in [0.05, 0.1) is 12.3 Å². The molecule has 22 heavy (non-hydrogen) atoms. The molecule has 0 aliphatic carbocycles. The Hall–Kier alpha value is -2.18. The summed E-state index contributed by atoms with van der Waals surface area (Å²) in [6.07, 6.45) is 1.99. The van der Waals surface area contributed by atoms with Crippen LogP contribution in [0.2, 0.25) is 0 Å². The second-order valence-corrected chi connectivity index (χ2v) is 5.55. The van der Waals surface area contributed by atoms with Crippen LogP contribution < -0.4 is 0 Å². The van der Waals surface area contributed by atoms with Gasteiger partial charge in [0, 0.05) is 10.5 Å². The molecule has 0 aliphatic rings. The molecule has 0 fully saturated rings. The number of benzene rings is 2. The highest BCUT2D eigenvalue weighted by Gasteiger charge is 2.16. The fourth-order valence-corrected chi connectivity index (χ4v) is 2.72. The van der Waals surface area contributed by atoms with E-state index in [1.54, 1.807) is 28.6 Å². The van der Waals surface area contributed by atoms with Gasteiger partial charge >= 0.3 is 0 Å². The predicted octanol–water partition coefficient (Wildman–Crippen LogP) is 3.29. The van der Waals surface area contributed by atoms with Crippen molar-refractivity contribution in [3.63, 3.8) is 0 Å². The molecule has 1 heterocycles. The van der Waals surface area contributed by atoms with Crippen molar-refractivity contribution in [1.82, 2.24) is 15.0 Å². The first-order chi connectivity index (χ1) is 10.7. The van der Waals surface area contributed by atoms with Crippen LogP contribution in [-0.2, 0) is 6.61 Å². The third kappa shape index (κ3) is 2.75. The molecule has 0 atom stereocenters. The number of hydrogen-bond donors (Lipinski definition) is 1. The lowest BCUT2D eigenvalue weighted by Gasteiger charge is -2.09. The first kappa shape index (κ1) is 14.7. The van der Waals surface area contributed by atoms with Gasteiger partial charge in [-0.25, -0.2) is 9.07 Å². The Morgan fingerprint density at radius 1 is 1.18 bits per heavy atom. The summed E-state index contributed by atoms with van der Waals surface area (Å²) in [5, 5.41) is 17.6. The summed E-state index contributed by atoms with van der Waals surface area (Å²) in [5.74, 6) is -0.341. The van der Waals surface area contributed by atoms with E-state index in [-0.39, 0.29) is 12.4 Å². The van der Waals surface area contributed by atoms with Crippen LogP contribution in [0.3, 0.4) is 0 Å². The van der Waals surface area contributed by atoms with E-state index in [2.05, 4.69) is 10.3 Å². The largest absolute Gasteiger partial charge is 0.390 e. The summed E-state index contributed by atoms with van der Waals surface area (Å²) in [5.41, 5.74) is 2.46. The van der Waals surface area contributed by atoms with E-state index in [0.717, 1.165) is 10.6 Å². The Balaban J connectivity index is 2.19. The zero-order valence-electron chi connectivity index (χ0n) is 11.9. The van der Waals surface area contributed by atoms with Gasteiger partial charge in [0.2, 0.25) is 0 Å². The van der Waals surface area contributed by atoms with Gasteiger partial charge in [0.15, 0.2) is 0 Å². The zero-order valence-corrected chi connectivity index (χ0v) is 12.7. The van der Waals surface area contributed by atoms with E-state index >= 15 is 0 Å². The third-order valence-corrected chi connectivity index (χ3v) is 4.01. The van der Waals surface area contributed by atoms with Crippen LogP contribution in [0.5, 0.6) is 0 Å². The van der Waals surface area contributed by atoms with Crippen molar-refractivity contribution in [3.05, 3.63) is 60.0 Å². The van der Waals surface area contributed by atoms with Crippen molar-refractivity contribution in [2.75, 3.05) is 6.26 Å². The molecule has 0 bridgehead atoms. The lowest BCUT2D eigenvalue weighted by molar-refractivity contribution is 0.277. The molecule has 0 radical (unpaired) electrons. The molecule has 3 aromatic rings. The standard InChI is InChI=1S/C16H14FN3OS/c1-22-14-7-3-6-13(9-14)20-16(15(10-21)18-19-20)11-4-2-5-12(17)8-11/h2-9,21H,10H2,1H3. The smallest absolute Gasteiger partial charge is 0.123 e. The van der Waals surface area contributed by atoms with E-state index in [1.165, 1.54) is 12.1 Å². The van der Waals surface area contributed by atoms with Crippen LogP contribution in [0.1, 0.15) is 5.69 Å². The number of aromatic nitrogens is 3. The quantitative estimate of drug-likeness (QED) is 0.751. The first-order valence-corrected chi connectivity index (χ1v) is 7.91. The summed E-state index contributed by atoms with van der Waals surface area (Å²) < 4.78 is 15.2. The van der Waals surface area contributed by atoms with Crippen molar-refractivity contribution in [2.45, 2.75) is 11.5 Å².